The number of quaternary nitrogens is 1. The van der Waals surface area contributed by atoms with Gasteiger partial charge in [-0.15, -0.1) is 0 Å². The highest BCUT2D eigenvalue weighted by Gasteiger charge is 2.97. The molecule has 0 aromatic heterocycles. The molecule has 0 aliphatic carbocycles. The van der Waals surface area contributed by atoms with Crippen molar-refractivity contribution in [1.29, 1.82) is 0 Å². The molecule has 38 heavy (non-hydrogen) atoms. The first kappa shape index (κ1) is 37.5. The third kappa shape index (κ3) is 5.15. The van der Waals surface area contributed by atoms with E-state index in [-0.39, 0.29) is 6.92 Å². The van der Waals surface area contributed by atoms with Crippen molar-refractivity contribution in [1.82, 2.24) is 0 Å². The second-order valence-corrected chi connectivity index (χ2v) is 14.6. The first-order chi connectivity index (χ1) is 16.0. The highest BCUT2D eigenvalue weighted by atomic mass is 35.9. The summed E-state index contributed by atoms with van der Waals surface area (Å²) >= 11 is 9.69. The van der Waals surface area contributed by atoms with Crippen molar-refractivity contribution >= 4 is 38.4 Å². The fourth-order valence-corrected chi connectivity index (χ4v) is 4.90. The summed E-state index contributed by atoms with van der Waals surface area (Å²) in [5.41, 5.74) is 0. The van der Waals surface area contributed by atoms with E-state index < -0.39 is 86.2 Å². The molecule has 230 valence electrons. The predicted octanol–water partition coefficient (Wildman–Crippen LogP) is 7.68. The number of hydrogen-bond donors (Lipinski definition) is 0. The fraction of sp³-hybridized carbons (Fsp3) is 1.00. The van der Waals surface area contributed by atoms with E-state index in [1.54, 1.807) is 0 Å². The van der Waals surface area contributed by atoms with Gasteiger partial charge in [0.1, 0.15) is 13.1 Å². The van der Waals surface area contributed by atoms with Crippen LogP contribution in [0.25, 0.3) is 0 Å². The van der Waals surface area contributed by atoms with Crippen LogP contribution in [-0.2, 0) is 14.6 Å². The molecular weight excluding hydrogens is 682 g/mol. The van der Waals surface area contributed by atoms with E-state index in [1.165, 1.54) is 0 Å². The van der Waals surface area contributed by atoms with Crippen LogP contribution in [0.4, 0.5) is 79.1 Å². The Morgan fingerprint density at radius 3 is 1.18 bits per heavy atom. The lowest BCUT2D eigenvalue weighted by Gasteiger charge is -2.42. The van der Waals surface area contributed by atoms with Crippen LogP contribution in [0, 0.1) is 0 Å². The Bertz CT molecular complexity index is 1040. The highest BCUT2D eigenvalue weighted by Crippen LogP contribution is 2.65. The minimum Gasteiger partial charge on any atom is -0.289 e. The maximum Gasteiger partial charge on any atom is 0.467 e. The summed E-state index contributed by atoms with van der Waals surface area (Å²) in [5.74, 6) is -57.5. The molecule has 0 spiro atoms. The molecule has 26 heteroatoms. The molecule has 0 aliphatic heterocycles. The Morgan fingerprint density at radius 2 is 0.921 bits per heavy atom. The molecule has 0 aromatic carbocycles. The van der Waals surface area contributed by atoms with Crippen LogP contribution >= 0.6 is 28.3 Å². The molecular formula is C12H9Cl2F18NO3PS+. The van der Waals surface area contributed by atoms with Gasteiger partial charge < -0.3 is 0 Å². The average Bonchev–Trinajstić information content (AvgIpc) is 2.69. The maximum atomic E-state index is 14.6. The summed E-state index contributed by atoms with van der Waals surface area (Å²) < 4.78 is 271. The smallest absolute Gasteiger partial charge is 0.289 e. The quantitative estimate of drug-likeness (QED) is 0.120. The van der Waals surface area contributed by atoms with Gasteiger partial charge >= 0.3 is 57.0 Å². The first-order valence-electron chi connectivity index (χ1n) is 8.53. The molecule has 4 nitrogen and oxygen atoms in total. The number of halogens is 20. The SMILES string of the molecule is CC[N+](F)(CCP(=O)(Cl)Cl)S(=O)(=O)C(F)(F)C(F)(F)C(F)(F)C(F)(F)C(F)(F)C(F)(F)C(F)(F)C(F)(F)F. The van der Waals surface area contributed by atoms with Crippen LogP contribution in [0.5, 0.6) is 0 Å². The van der Waals surface area contributed by atoms with E-state index in [2.05, 4.69) is 0 Å². The largest absolute Gasteiger partial charge is 0.467 e. The Hall–Kier alpha value is -0.540. The van der Waals surface area contributed by atoms with E-state index in [1.807, 2.05) is 0 Å². The molecule has 0 radical (unpaired) electrons. The monoisotopic (exact) mass is 690 g/mol. The number of sulfonamides is 1. The lowest BCUT2D eigenvalue weighted by atomic mass is 9.91. The molecule has 0 N–H and O–H groups in total. The van der Waals surface area contributed by atoms with Crippen LogP contribution in [0.1, 0.15) is 6.92 Å². The zero-order chi connectivity index (χ0) is 31.6. The van der Waals surface area contributed by atoms with Crippen LogP contribution < -0.4 is 0 Å². The Kier molecular flexibility index (Phi) is 9.64. The first-order valence-corrected chi connectivity index (χ1v) is 13.7. The van der Waals surface area contributed by atoms with E-state index in [0.717, 1.165) is 0 Å². The van der Waals surface area contributed by atoms with Gasteiger partial charge in [-0.3, -0.25) is 4.57 Å². The van der Waals surface area contributed by atoms with Gasteiger partial charge in [0.2, 0.25) is 0 Å². The summed E-state index contributed by atoms with van der Waals surface area (Å²) in [7, 11) is -8.13. The second-order valence-electron chi connectivity index (χ2n) is 7.06. The molecule has 0 rings (SSSR count). The minimum atomic E-state index is -9.04. The van der Waals surface area contributed by atoms with Crippen molar-refractivity contribution in [3.63, 3.8) is 0 Å². The third-order valence-corrected chi connectivity index (χ3v) is 8.56. The summed E-state index contributed by atoms with van der Waals surface area (Å²) in [6, 6.07) is 0. The molecule has 0 heterocycles. The van der Waals surface area contributed by atoms with Gasteiger partial charge in [-0.25, -0.2) is 0 Å². The van der Waals surface area contributed by atoms with Gasteiger partial charge in [-0.05, 0) is 33.5 Å². The van der Waals surface area contributed by atoms with Crippen LogP contribution in [0.15, 0.2) is 0 Å². The van der Waals surface area contributed by atoms with Crippen LogP contribution in [-0.4, -0.2) is 78.7 Å². The van der Waals surface area contributed by atoms with Gasteiger partial charge in [0.15, 0.2) is 0 Å². The van der Waals surface area contributed by atoms with E-state index in [4.69, 9.17) is 22.5 Å². The number of alkyl halides is 17. The zero-order valence-corrected chi connectivity index (χ0v) is 20.4. The summed E-state index contributed by atoms with van der Waals surface area (Å²) in [6.07, 6.45) is -9.71. The van der Waals surface area contributed by atoms with Crippen molar-refractivity contribution < 1.29 is 96.2 Å². The van der Waals surface area contributed by atoms with E-state index in [0.29, 0.717) is 0 Å². The molecule has 1 atom stereocenters. The van der Waals surface area contributed by atoms with Crippen molar-refractivity contribution in [3.05, 3.63) is 0 Å². The van der Waals surface area contributed by atoms with Gasteiger partial charge in [0, 0.05) is 4.48 Å². The highest BCUT2D eigenvalue weighted by molar-refractivity contribution is 8.08. The minimum absolute atomic E-state index is 0.153. The Morgan fingerprint density at radius 1 is 0.632 bits per heavy atom. The Balaban J connectivity index is 7.14. The van der Waals surface area contributed by atoms with Gasteiger partial charge in [-0.1, -0.05) is 0 Å². The topological polar surface area (TPSA) is 51.2 Å². The van der Waals surface area contributed by atoms with Crippen molar-refractivity contribution in [3.8, 4) is 0 Å². The lowest BCUT2D eigenvalue weighted by Crippen LogP contribution is -2.75. The van der Waals surface area contributed by atoms with E-state index in [9.17, 15) is 92.1 Å². The summed E-state index contributed by atoms with van der Waals surface area (Å²) in [6.45, 7) is -4.22. The summed E-state index contributed by atoms with van der Waals surface area (Å²) in [4.78, 5) is 0. The van der Waals surface area contributed by atoms with E-state index >= 15 is 0 Å². The summed E-state index contributed by atoms with van der Waals surface area (Å²) in [5, 5.41) is -8.06. The van der Waals surface area contributed by atoms with Crippen LogP contribution in [0.3, 0.4) is 0 Å². The number of hydrogen-bond acceptors (Lipinski definition) is 3. The molecule has 1 unspecified atom stereocenters. The molecule has 0 saturated heterocycles. The van der Waals surface area contributed by atoms with Crippen molar-refractivity contribution in [2.75, 3.05) is 19.3 Å². The molecule has 0 aliphatic rings. The zero-order valence-electron chi connectivity index (χ0n) is 17.2. The third-order valence-electron chi connectivity index (χ3n) is 4.61. The standard InChI is InChI=1S/C12H9Cl2F18NO3PS/c1-2-33(32,3-4-37(13,14)34)38(35,36)12(30,31)10(25,26)8(21,22)6(17,18)5(15,16)7(19,20)9(23,24)11(27,28)29/h2-4H2,1H3/q+1. The molecule has 0 aromatic rings. The maximum absolute atomic E-state index is 14.6. The Labute approximate surface area is 208 Å². The van der Waals surface area contributed by atoms with Gasteiger partial charge in [0.05, 0.1) is 6.16 Å². The van der Waals surface area contributed by atoms with Gasteiger partial charge in [0.25, 0.3) is 5.85 Å². The average molecular weight is 691 g/mol. The number of nitrogens with zero attached hydrogens (tertiary/aromatic N) is 1. The predicted molar refractivity (Wildman–Crippen MR) is 90.6 cm³/mol. The molecule has 0 bridgehead atoms. The molecule has 0 saturated carbocycles. The molecule has 0 amide bonds. The van der Waals surface area contributed by atoms with Crippen molar-refractivity contribution in [2.45, 2.75) is 53.9 Å². The lowest BCUT2D eigenvalue weighted by molar-refractivity contribution is -0.948. The fourth-order valence-electron chi connectivity index (χ4n) is 2.23. The molecule has 0 fully saturated rings. The second kappa shape index (κ2) is 9.78. The number of rotatable bonds is 12. The van der Waals surface area contributed by atoms with Crippen molar-refractivity contribution in [2.24, 2.45) is 0 Å². The van der Waals surface area contributed by atoms with Gasteiger partial charge in [-0.2, -0.15) is 83.1 Å². The van der Waals surface area contributed by atoms with Crippen LogP contribution in [0.2, 0.25) is 0 Å². The normalized spacial score (nSPS) is 17.9.